The van der Waals surface area contributed by atoms with Gasteiger partial charge in [0, 0.05) is 11.8 Å². The Morgan fingerprint density at radius 2 is 1.70 bits per heavy atom. The average Bonchev–Trinajstić information content (AvgIpc) is 2.70. The summed E-state index contributed by atoms with van der Waals surface area (Å²) in [7, 11) is 2.99. The van der Waals surface area contributed by atoms with Crippen LogP contribution in [0.15, 0.2) is 42.5 Å². The molecule has 0 radical (unpaired) electrons. The molecule has 2 rings (SSSR count). The van der Waals surface area contributed by atoms with Gasteiger partial charge in [0.25, 0.3) is 5.91 Å². The minimum atomic E-state index is -0.693. The second-order valence-corrected chi connectivity index (χ2v) is 5.20. The van der Waals surface area contributed by atoms with Gasteiger partial charge in [0.15, 0.2) is 24.7 Å². The minimum Gasteiger partial charge on any atom is -0.493 e. The SMILES string of the molecule is COc1ccc(NC(=O)COC(=O)COc2ccc(C#N)cc2)cc1OC. The third-order valence-electron chi connectivity index (χ3n) is 3.37. The van der Waals surface area contributed by atoms with Crippen molar-refractivity contribution in [1.82, 2.24) is 0 Å². The molecule has 8 heteroatoms. The lowest BCUT2D eigenvalue weighted by molar-refractivity contribution is -0.149. The third kappa shape index (κ3) is 5.93. The highest BCUT2D eigenvalue weighted by Gasteiger charge is 2.11. The maximum atomic E-state index is 11.9. The Bertz CT molecular complexity index is 842. The molecule has 2 aromatic carbocycles. The number of amides is 1. The number of ether oxygens (including phenoxy) is 4. The zero-order valence-corrected chi connectivity index (χ0v) is 14.9. The van der Waals surface area contributed by atoms with E-state index in [0.29, 0.717) is 28.5 Å². The molecule has 0 spiro atoms. The van der Waals surface area contributed by atoms with Gasteiger partial charge in [-0.3, -0.25) is 4.79 Å². The lowest BCUT2D eigenvalue weighted by Crippen LogP contribution is -2.23. The molecule has 0 bridgehead atoms. The Morgan fingerprint density at radius 1 is 1.00 bits per heavy atom. The van der Waals surface area contributed by atoms with Crippen molar-refractivity contribution in [3.8, 4) is 23.3 Å². The van der Waals surface area contributed by atoms with Gasteiger partial charge in [-0.2, -0.15) is 5.26 Å². The fourth-order valence-electron chi connectivity index (χ4n) is 2.07. The zero-order chi connectivity index (χ0) is 19.6. The number of nitriles is 1. The summed E-state index contributed by atoms with van der Waals surface area (Å²) in [5, 5.41) is 11.3. The topological polar surface area (TPSA) is 107 Å². The first-order valence-electron chi connectivity index (χ1n) is 7.86. The van der Waals surface area contributed by atoms with E-state index < -0.39 is 18.5 Å². The van der Waals surface area contributed by atoms with Gasteiger partial charge in [0.2, 0.25) is 0 Å². The quantitative estimate of drug-likeness (QED) is 0.709. The van der Waals surface area contributed by atoms with Crippen LogP contribution in [0.25, 0.3) is 0 Å². The number of rotatable bonds is 8. The number of hydrogen-bond acceptors (Lipinski definition) is 7. The maximum Gasteiger partial charge on any atom is 0.344 e. The summed E-state index contributed by atoms with van der Waals surface area (Å²) < 4.78 is 20.4. The van der Waals surface area contributed by atoms with Crippen LogP contribution in [0, 0.1) is 11.3 Å². The minimum absolute atomic E-state index is 0.352. The summed E-state index contributed by atoms with van der Waals surface area (Å²) in [6.45, 7) is -0.806. The monoisotopic (exact) mass is 370 g/mol. The Labute approximate surface area is 156 Å². The molecule has 0 saturated heterocycles. The highest BCUT2D eigenvalue weighted by atomic mass is 16.6. The first kappa shape index (κ1) is 19.6. The van der Waals surface area contributed by atoms with Crippen LogP contribution >= 0.6 is 0 Å². The highest BCUT2D eigenvalue weighted by Crippen LogP contribution is 2.29. The van der Waals surface area contributed by atoms with Gasteiger partial charge in [-0.1, -0.05) is 0 Å². The first-order valence-corrected chi connectivity index (χ1v) is 7.86. The molecule has 2 aromatic rings. The smallest absolute Gasteiger partial charge is 0.344 e. The Hall–Kier alpha value is -3.73. The van der Waals surface area contributed by atoms with Gasteiger partial charge in [0.1, 0.15) is 5.75 Å². The Balaban J connectivity index is 1.77. The lowest BCUT2D eigenvalue weighted by atomic mass is 10.2. The van der Waals surface area contributed by atoms with Crippen LogP contribution in [-0.2, 0) is 14.3 Å². The van der Waals surface area contributed by atoms with Crippen LogP contribution in [0.1, 0.15) is 5.56 Å². The van der Waals surface area contributed by atoms with E-state index >= 15 is 0 Å². The van der Waals surface area contributed by atoms with E-state index in [0.717, 1.165) is 0 Å². The van der Waals surface area contributed by atoms with Gasteiger partial charge in [-0.25, -0.2) is 4.79 Å². The summed E-state index contributed by atoms with van der Waals surface area (Å²) in [5.74, 6) is 0.210. The van der Waals surface area contributed by atoms with Crippen molar-refractivity contribution >= 4 is 17.6 Å². The molecular formula is C19H18N2O6. The van der Waals surface area contributed by atoms with Crippen LogP contribution in [0.4, 0.5) is 5.69 Å². The standard InChI is InChI=1S/C19H18N2O6/c1-24-16-8-5-14(9-17(16)25-2)21-18(22)11-27-19(23)12-26-15-6-3-13(10-20)4-7-15/h3-9H,11-12H2,1-2H3,(H,21,22). The lowest BCUT2D eigenvalue weighted by Gasteiger charge is -2.11. The Kier molecular flexibility index (Phi) is 7.02. The summed E-state index contributed by atoms with van der Waals surface area (Å²) in [6, 6.07) is 13.1. The van der Waals surface area contributed by atoms with Crippen molar-refractivity contribution in [3.05, 3.63) is 48.0 Å². The molecule has 0 aliphatic rings. The van der Waals surface area contributed by atoms with E-state index in [-0.39, 0.29) is 6.61 Å². The van der Waals surface area contributed by atoms with Gasteiger partial charge < -0.3 is 24.3 Å². The van der Waals surface area contributed by atoms with Crippen molar-refractivity contribution in [3.63, 3.8) is 0 Å². The van der Waals surface area contributed by atoms with Crippen molar-refractivity contribution < 1.29 is 28.5 Å². The molecule has 0 aliphatic heterocycles. The van der Waals surface area contributed by atoms with Crippen molar-refractivity contribution in [2.24, 2.45) is 0 Å². The number of hydrogen-bond donors (Lipinski definition) is 1. The predicted molar refractivity (Wildman–Crippen MR) is 95.8 cm³/mol. The van der Waals surface area contributed by atoms with Crippen molar-refractivity contribution in [2.75, 3.05) is 32.8 Å². The summed E-state index contributed by atoms with van der Waals surface area (Å²) in [6.07, 6.45) is 0. The summed E-state index contributed by atoms with van der Waals surface area (Å²) in [4.78, 5) is 23.5. The molecule has 8 nitrogen and oxygen atoms in total. The van der Waals surface area contributed by atoms with Gasteiger partial charge in [-0.05, 0) is 36.4 Å². The molecule has 1 N–H and O–H groups in total. The second-order valence-electron chi connectivity index (χ2n) is 5.20. The number of esters is 1. The molecule has 27 heavy (non-hydrogen) atoms. The van der Waals surface area contributed by atoms with Crippen LogP contribution in [0.2, 0.25) is 0 Å². The predicted octanol–water partition coefficient (Wildman–Crippen LogP) is 2.14. The number of carbonyl (C=O) groups excluding carboxylic acids is 2. The second kappa shape index (κ2) is 9.68. The molecule has 140 valence electrons. The number of methoxy groups -OCH3 is 2. The van der Waals surface area contributed by atoms with Crippen LogP contribution < -0.4 is 19.5 Å². The number of nitrogens with one attached hydrogen (secondary N) is 1. The summed E-state index contributed by atoms with van der Waals surface area (Å²) in [5.41, 5.74) is 0.958. The first-order chi connectivity index (χ1) is 13.0. The molecule has 0 aliphatic carbocycles. The average molecular weight is 370 g/mol. The number of anilines is 1. The van der Waals surface area contributed by atoms with E-state index in [1.807, 2.05) is 6.07 Å². The van der Waals surface area contributed by atoms with Crippen LogP contribution in [0.5, 0.6) is 17.2 Å². The molecule has 0 fully saturated rings. The molecule has 0 aromatic heterocycles. The molecular weight excluding hydrogens is 352 g/mol. The van der Waals surface area contributed by atoms with Gasteiger partial charge in [-0.15, -0.1) is 0 Å². The fraction of sp³-hybridized carbons (Fsp3) is 0.211. The van der Waals surface area contributed by atoms with E-state index in [4.69, 9.17) is 24.2 Å². The summed E-state index contributed by atoms with van der Waals surface area (Å²) >= 11 is 0. The fourth-order valence-corrected chi connectivity index (χ4v) is 2.07. The van der Waals surface area contributed by atoms with E-state index in [1.165, 1.54) is 14.2 Å². The van der Waals surface area contributed by atoms with E-state index in [1.54, 1.807) is 42.5 Å². The number of benzene rings is 2. The molecule has 0 heterocycles. The normalized spacial score (nSPS) is 9.67. The Morgan fingerprint density at radius 3 is 2.33 bits per heavy atom. The van der Waals surface area contributed by atoms with Crippen molar-refractivity contribution in [1.29, 1.82) is 5.26 Å². The number of carbonyl (C=O) groups is 2. The van der Waals surface area contributed by atoms with E-state index in [2.05, 4.69) is 5.32 Å². The van der Waals surface area contributed by atoms with Crippen LogP contribution in [0.3, 0.4) is 0 Å². The number of nitrogens with zero attached hydrogens (tertiary/aromatic N) is 1. The maximum absolute atomic E-state index is 11.9. The molecule has 0 unspecified atom stereocenters. The highest BCUT2D eigenvalue weighted by molar-refractivity contribution is 5.93. The molecule has 0 atom stereocenters. The zero-order valence-electron chi connectivity index (χ0n) is 14.9. The van der Waals surface area contributed by atoms with Crippen LogP contribution in [-0.4, -0.2) is 39.3 Å². The van der Waals surface area contributed by atoms with Crippen molar-refractivity contribution in [2.45, 2.75) is 0 Å². The van der Waals surface area contributed by atoms with E-state index in [9.17, 15) is 9.59 Å². The van der Waals surface area contributed by atoms with Gasteiger partial charge in [0.05, 0.1) is 25.9 Å². The largest absolute Gasteiger partial charge is 0.493 e. The molecule has 0 saturated carbocycles. The molecule has 1 amide bonds. The third-order valence-corrected chi connectivity index (χ3v) is 3.37. The van der Waals surface area contributed by atoms with Gasteiger partial charge >= 0.3 is 5.97 Å².